The number of para-hydroxylation sites is 1. The van der Waals surface area contributed by atoms with Crippen LogP contribution in [0.2, 0.25) is 0 Å². The number of fused-ring (bicyclic) bond motifs is 17. The molecular weight excluding hydrogens is 1340 g/mol. The first-order valence-corrected chi connectivity index (χ1v) is 39.7. The first-order chi connectivity index (χ1) is 53.6. The van der Waals surface area contributed by atoms with Crippen LogP contribution in [0.1, 0.15) is 128 Å². The smallest absolute Gasteiger partial charge is 0.252 e. The standard InChI is InChI=1S/C107H90BN3/c1-103(2,3)76-47-51-96-87(61-76)88-62-77(104(4,5)6)48-52-97(88)109(96)81-63-100-102-101(64-81)111(95-44-30-27-39-82(95)70-37-23-16-24-38-70)98-59-72(75-54-78(105(7,8)9)60-79(55-75)106(10,11)12)46-50-93(98)108(102)94-66-92-86(65-99(94)110(100)80-56-73(68-33-19-14-20-34-68)53-74(57-80)69-35-21-15-22-36-69)85-58-71(67-31-17-13-18-32-67)45-49-91(85)107(92)89-42-28-25-40-83(89)84-41-26-29-43-90(84)107/h13-66H,1-12H3. The van der Waals surface area contributed by atoms with Crippen LogP contribution in [-0.2, 0) is 27.1 Å². The van der Waals surface area contributed by atoms with Crippen molar-refractivity contribution in [3.8, 4) is 83.6 Å². The van der Waals surface area contributed by atoms with Gasteiger partial charge in [0.15, 0.2) is 0 Å². The van der Waals surface area contributed by atoms with Crippen LogP contribution >= 0.6 is 0 Å². The Kier molecular flexibility index (Phi) is 15.3. The number of aromatic nitrogens is 1. The number of hydrogen-bond acceptors (Lipinski definition) is 2. The van der Waals surface area contributed by atoms with Gasteiger partial charge in [0.05, 0.1) is 27.8 Å². The summed E-state index contributed by atoms with van der Waals surface area (Å²) in [5, 5.41) is 2.50. The number of nitrogens with zero attached hydrogens (tertiary/aromatic N) is 3. The molecular formula is C107H90BN3. The van der Waals surface area contributed by atoms with Gasteiger partial charge in [-0.15, -0.1) is 0 Å². The molecule has 15 aromatic carbocycles. The molecule has 111 heavy (non-hydrogen) atoms. The summed E-state index contributed by atoms with van der Waals surface area (Å²) in [5.41, 5.74) is 40.2. The van der Waals surface area contributed by atoms with Gasteiger partial charge in [-0.2, -0.15) is 0 Å². The average Bonchev–Trinajstić information content (AvgIpc) is 1.66. The highest BCUT2D eigenvalue weighted by Gasteiger charge is 2.54. The van der Waals surface area contributed by atoms with Crippen LogP contribution in [0.25, 0.3) is 105 Å². The van der Waals surface area contributed by atoms with Gasteiger partial charge in [0, 0.05) is 44.8 Å². The van der Waals surface area contributed by atoms with Crippen LogP contribution in [0.3, 0.4) is 0 Å². The third-order valence-corrected chi connectivity index (χ3v) is 24.7. The molecule has 20 rings (SSSR count). The lowest BCUT2D eigenvalue weighted by atomic mass is 9.33. The maximum atomic E-state index is 2.73. The molecule has 3 nitrogen and oxygen atoms in total. The van der Waals surface area contributed by atoms with Gasteiger partial charge in [-0.05, 0) is 234 Å². The van der Waals surface area contributed by atoms with Gasteiger partial charge in [0.25, 0.3) is 6.71 Å². The molecule has 1 aromatic heterocycles. The molecule has 2 aliphatic carbocycles. The lowest BCUT2D eigenvalue weighted by molar-refractivity contribution is 0.569. The second kappa shape index (κ2) is 24.9. The molecule has 0 amide bonds. The number of hydrogen-bond donors (Lipinski definition) is 0. The fraction of sp³-hybridized carbons (Fsp3) is 0.159. The van der Waals surface area contributed by atoms with Crippen molar-refractivity contribution in [2.75, 3.05) is 9.80 Å². The van der Waals surface area contributed by atoms with Crippen LogP contribution in [0.15, 0.2) is 328 Å². The first kappa shape index (κ1) is 68.1. The van der Waals surface area contributed by atoms with Gasteiger partial charge < -0.3 is 14.4 Å². The van der Waals surface area contributed by atoms with E-state index >= 15 is 0 Å². The predicted octanol–water partition coefficient (Wildman–Crippen LogP) is 26.7. The van der Waals surface area contributed by atoms with Crippen molar-refractivity contribution >= 4 is 79.0 Å². The lowest BCUT2D eigenvalue weighted by Gasteiger charge is -2.45. The summed E-state index contributed by atoms with van der Waals surface area (Å²) in [5.74, 6) is 0. The van der Waals surface area contributed by atoms with Crippen molar-refractivity contribution in [3.63, 3.8) is 0 Å². The minimum atomic E-state index is -0.658. The average molecular weight is 1430 g/mol. The van der Waals surface area contributed by atoms with Gasteiger partial charge in [-0.3, -0.25) is 0 Å². The molecule has 0 N–H and O–H groups in total. The van der Waals surface area contributed by atoms with Crippen LogP contribution in [0.4, 0.5) is 34.1 Å². The number of anilines is 6. The molecule has 16 aromatic rings. The maximum absolute atomic E-state index is 2.73. The van der Waals surface area contributed by atoms with Crippen molar-refractivity contribution < 1.29 is 0 Å². The van der Waals surface area contributed by atoms with E-state index in [2.05, 4.69) is 425 Å². The Morgan fingerprint density at radius 3 is 1.21 bits per heavy atom. The molecule has 536 valence electrons. The number of rotatable bonds is 8. The largest absolute Gasteiger partial charge is 0.311 e. The van der Waals surface area contributed by atoms with Gasteiger partial charge in [0.1, 0.15) is 0 Å². The summed E-state index contributed by atoms with van der Waals surface area (Å²) in [6.45, 7) is 28.0. The van der Waals surface area contributed by atoms with E-state index in [1.54, 1.807) is 0 Å². The highest BCUT2D eigenvalue weighted by Crippen LogP contribution is 2.64. The molecule has 1 spiro atoms. The molecule has 4 aliphatic rings. The quantitative estimate of drug-likeness (QED) is 0.141. The summed E-state index contributed by atoms with van der Waals surface area (Å²) >= 11 is 0. The molecule has 0 fully saturated rings. The van der Waals surface area contributed by atoms with E-state index in [4.69, 9.17) is 0 Å². The summed E-state index contributed by atoms with van der Waals surface area (Å²) < 4.78 is 2.61. The highest BCUT2D eigenvalue weighted by molar-refractivity contribution is 7.00. The zero-order chi connectivity index (χ0) is 75.8. The second-order valence-electron chi connectivity index (χ2n) is 35.7. The van der Waals surface area contributed by atoms with Gasteiger partial charge in [0.2, 0.25) is 0 Å². The molecule has 0 radical (unpaired) electrons. The Labute approximate surface area is 654 Å². The van der Waals surface area contributed by atoms with Crippen LogP contribution < -0.4 is 26.2 Å². The molecule has 0 bridgehead atoms. The van der Waals surface area contributed by atoms with Crippen LogP contribution in [0.5, 0.6) is 0 Å². The molecule has 3 heterocycles. The summed E-state index contributed by atoms with van der Waals surface area (Å²) in [7, 11) is 0. The van der Waals surface area contributed by atoms with E-state index in [-0.39, 0.29) is 28.4 Å². The van der Waals surface area contributed by atoms with E-state index < -0.39 is 5.41 Å². The van der Waals surface area contributed by atoms with Crippen molar-refractivity contribution in [1.29, 1.82) is 0 Å². The van der Waals surface area contributed by atoms with Crippen molar-refractivity contribution in [1.82, 2.24) is 4.57 Å². The van der Waals surface area contributed by atoms with Crippen molar-refractivity contribution in [3.05, 3.63) is 372 Å². The summed E-state index contributed by atoms with van der Waals surface area (Å²) in [4.78, 5) is 5.41. The summed E-state index contributed by atoms with van der Waals surface area (Å²) in [6, 6.07) is 127. The highest BCUT2D eigenvalue weighted by atomic mass is 15.2. The maximum Gasteiger partial charge on any atom is 0.252 e. The Morgan fingerprint density at radius 2 is 0.667 bits per heavy atom. The SMILES string of the molecule is CC(C)(C)c1cc(-c2ccc3c(c2)N(c2ccccc2-c2ccccc2)c2cc(-n4c5ccc(C(C)(C)C)cc5c5cc(C(C)(C)C)ccc54)cc4c2B3c2cc3c(cc2N4c2cc(-c4ccccc4)cc(-c4ccccc4)c2)-c2cc(-c4ccccc4)ccc2C32c3ccccc3-c3ccccc32)cc(C(C)(C)C)c1. The van der Waals surface area contributed by atoms with E-state index in [0.29, 0.717) is 0 Å². The van der Waals surface area contributed by atoms with Crippen molar-refractivity contribution in [2.24, 2.45) is 0 Å². The second-order valence-corrected chi connectivity index (χ2v) is 35.7. The Bertz CT molecular complexity index is 6280. The summed E-state index contributed by atoms with van der Waals surface area (Å²) in [6.07, 6.45) is 0. The normalized spacial score (nSPS) is 13.8. The van der Waals surface area contributed by atoms with Crippen LogP contribution in [0, 0.1) is 0 Å². The monoisotopic (exact) mass is 1430 g/mol. The topological polar surface area (TPSA) is 11.4 Å². The molecule has 0 saturated carbocycles. The minimum Gasteiger partial charge on any atom is -0.311 e. The molecule has 0 saturated heterocycles. The molecule has 2 aliphatic heterocycles. The Morgan fingerprint density at radius 1 is 0.234 bits per heavy atom. The Balaban J connectivity index is 0.980. The van der Waals surface area contributed by atoms with E-state index in [0.717, 1.165) is 73.2 Å². The zero-order valence-electron chi connectivity index (χ0n) is 65.6. The first-order valence-electron chi connectivity index (χ1n) is 39.7. The molecule has 4 heteroatoms. The zero-order valence-corrected chi connectivity index (χ0v) is 65.6. The number of benzene rings is 15. The third-order valence-electron chi connectivity index (χ3n) is 24.7. The molecule has 0 unspecified atom stereocenters. The van der Waals surface area contributed by atoms with Crippen molar-refractivity contribution in [2.45, 2.75) is 110 Å². The van der Waals surface area contributed by atoms with Gasteiger partial charge >= 0.3 is 0 Å². The van der Waals surface area contributed by atoms with E-state index in [9.17, 15) is 0 Å². The fourth-order valence-corrected chi connectivity index (χ4v) is 19.0. The van der Waals surface area contributed by atoms with Gasteiger partial charge in [-0.1, -0.05) is 332 Å². The third kappa shape index (κ3) is 10.8. The fourth-order valence-electron chi connectivity index (χ4n) is 19.0. The van der Waals surface area contributed by atoms with E-state index in [1.165, 1.54) is 127 Å². The minimum absolute atomic E-state index is 0.0920. The van der Waals surface area contributed by atoms with Gasteiger partial charge in [-0.25, -0.2) is 0 Å². The predicted molar refractivity (Wildman–Crippen MR) is 473 cm³/mol. The van der Waals surface area contributed by atoms with Crippen LogP contribution in [-0.4, -0.2) is 11.3 Å². The lowest BCUT2D eigenvalue weighted by Crippen LogP contribution is -2.61. The van der Waals surface area contributed by atoms with E-state index in [1.807, 2.05) is 0 Å². The molecule has 0 atom stereocenters. The Hall–Kier alpha value is -12.2.